The number of fused-ring (bicyclic) bond motifs is 1. The van der Waals surface area contributed by atoms with Crippen molar-refractivity contribution in [3.05, 3.63) is 94.8 Å². The summed E-state index contributed by atoms with van der Waals surface area (Å²) in [5.74, 6) is 0.0270. The normalized spacial score (nSPS) is 15.8. The van der Waals surface area contributed by atoms with Crippen LogP contribution in [0.4, 0.5) is 10.1 Å². The Morgan fingerprint density at radius 2 is 1.77 bits per heavy atom. The maximum absolute atomic E-state index is 13.2. The van der Waals surface area contributed by atoms with E-state index in [-0.39, 0.29) is 23.7 Å². The van der Waals surface area contributed by atoms with Gasteiger partial charge in [-0.25, -0.2) is 4.39 Å². The summed E-state index contributed by atoms with van der Waals surface area (Å²) in [6.45, 7) is 6.47. The lowest BCUT2D eigenvalue weighted by Crippen LogP contribution is -2.40. The molecule has 1 aliphatic heterocycles. The molecule has 0 unspecified atom stereocenters. The smallest absolute Gasteiger partial charge is 0.265 e. The summed E-state index contributed by atoms with van der Waals surface area (Å²) in [7, 11) is 0. The number of ether oxygens (including phenoxy) is 1. The highest BCUT2D eigenvalue weighted by Gasteiger charge is 2.32. The number of anilines is 1. The van der Waals surface area contributed by atoms with Gasteiger partial charge in [0.15, 0.2) is 6.10 Å². The average molecular weight is 475 g/mol. The monoisotopic (exact) mass is 474 g/mol. The van der Waals surface area contributed by atoms with Crippen LogP contribution in [0.3, 0.4) is 0 Å². The van der Waals surface area contributed by atoms with Gasteiger partial charge in [-0.2, -0.15) is 0 Å². The van der Waals surface area contributed by atoms with Crippen molar-refractivity contribution >= 4 is 17.5 Å². The summed E-state index contributed by atoms with van der Waals surface area (Å²) in [6.07, 6.45) is 0.959. The molecule has 0 bridgehead atoms. The highest BCUT2D eigenvalue weighted by atomic mass is 19.1. The van der Waals surface area contributed by atoms with Gasteiger partial charge in [0.25, 0.3) is 5.91 Å². The number of carbonyl (C=O) groups excluding carboxylic acids is 2. The van der Waals surface area contributed by atoms with E-state index < -0.39 is 6.10 Å². The second-order valence-corrected chi connectivity index (χ2v) is 8.88. The molecule has 5 nitrogen and oxygen atoms in total. The maximum atomic E-state index is 13.2. The van der Waals surface area contributed by atoms with E-state index in [9.17, 15) is 14.0 Å². The third-order valence-corrected chi connectivity index (χ3v) is 6.41. The number of nitrogens with one attached hydrogen (secondary N) is 1. The van der Waals surface area contributed by atoms with E-state index in [2.05, 4.69) is 29.6 Å². The van der Waals surface area contributed by atoms with Crippen molar-refractivity contribution in [2.75, 3.05) is 11.9 Å². The molecule has 2 atom stereocenters. The summed E-state index contributed by atoms with van der Waals surface area (Å²) < 4.78 is 19.3. The van der Waals surface area contributed by atoms with Crippen LogP contribution in [0.2, 0.25) is 0 Å². The Morgan fingerprint density at radius 3 is 2.43 bits per heavy atom. The third kappa shape index (κ3) is 5.53. The van der Waals surface area contributed by atoms with Gasteiger partial charge < -0.3 is 15.0 Å². The van der Waals surface area contributed by atoms with Crippen molar-refractivity contribution in [3.63, 3.8) is 0 Å². The Kier molecular flexibility index (Phi) is 7.49. The van der Waals surface area contributed by atoms with E-state index in [4.69, 9.17) is 4.74 Å². The molecule has 0 saturated heterocycles. The zero-order valence-electron chi connectivity index (χ0n) is 20.4. The van der Waals surface area contributed by atoms with Gasteiger partial charge >= 0.3 is 0 Å². The Hall–Kier alpha value is -3.67. The molecule has 4 rings (SSSR count). The predicted molar refractivity (Wildman–Crippen MR) is 135 cm³/mol. The second kappa shape index (κ2) is 10.7. The lowest BCUT2D eigenvalue weighted by molar-refractivity contribution is -0.133. The zero-order chi connectivity index (χ0) is 24.9. The first kappa shape index (κ1) is 24.5. The molecule has 0 radical (unpaired) electrons. The van der Waals surface area contributed by atoms with Crippen molar-refractivity contribution < 1.29 is 18.7 Å². The minimum Gasteiger partial charge on any atom is -0.481 e. The SMILES string of the molecule is CCC(=O)N1CCc2ccc(O[C@@H](CC)C(=O)Nc3ccc(F)cc3)cc2[C@H]1c1ccc(C)cc1. The Bertz CT molecular complexity index is 1190. The van der Waals surface area contributed by atoms with Crippen LogP contribution in [0.25, 0.3) is 0 Å². The molecule has 3 aromatic rings. The zero-order valence-corrected chi connectivity index (χ0v) is 20.4. The quantitative estimate of drug-likeness (QED) is 0.470. The fraction of sp³-hybridized carbons (Fsp3) is 0.310. The van der Waals surface area contributed by atoms with Crippen molar-refractivity contribution in [2.24, 2.45) is 0 Å². The minimum atomic E-state index is -0.715. The molecule has 0 aliphatic carbocycles. The molecule has 1 aliphatic rings. The molecule has 1 N–H and O–H groups in total. The largest absolute Gasteiger partial charge is 0.481 e. The second-order valence-electron chi connectivity index (χ2n) is 8.88. The van der Waals surface area contributed by atoms with Crippen LogP contribution in [0.1, 0.15) is 55.0 Å². The van der Waals surface area contributed by atoms with Gasteiger partial charge in [-0.3, -0.25) is 9.59 Å². The van der Waals surface area contributed by atoms with Crippen LogP contribution in [0.5, 0.6) is 5.75 Å². The highest BCUT2D eigenvalue weighted by molar-refractivity contribution is 5.94. The Morgan fingerprint density at radius 1 is 1.06 bits per heavy atom. The summed E-state index contributed by atoms with van der Waals surface area (Å²) in [4.78, 5) is 27.6. The number of hydrogen-bond donors (Lipinski definition) is 1. The number of nitrogens with zero attached hydrogens (tertiary/aromatic N) is 1. The van der Waals surface area contributed by atoms with Crippen molar-refractivity contribution in [3.8, 4) is 5.75 Å². The van der Waals surface area contributed by atoms with Gasteiger partial charge in [-0.15, -0.1) is 0 Å². The summed E-state index contributed by atoms with van der Waals surface area (Å²) in [5.41, 5.74) is 4.92. The van der Waals surface area contributed by atoms with E-state index in [1.807, 2.05) is 43.9 Å². The van der Waals surface area contributed by atoms with E-state index in [0.717, 1.165) is 23.1 Å². The fourth-order valence-electron chi connectivity index (χ4n) is 4.49. The van der Waals surface area contributed by atoms with Crippen molar-refractivity contribution in [1.82, 2.24) is 4.90 Å². The van der Waals surface area contributed by atoms with Crippen LogP contribution >= 0.6 is 0 Å². The topological polar surface area (TPSA) is 58.6 Å². The molecule has 1 heterocycles. The van der Waals surface area contributed by atoms with Crippen molar-refractivity contribution in [2.45, 2.75) is 52.2 Å². The number of hydrogen-bond acceptors (Lipinski definition) is 3. The summed E-state index contributed by atoms with van der Waals surface area (Å²) in [5, 5.41) is 2.79. The molecule has 182 valence electrons. The van der Waals surface area contributed by atoms with Crippen LogP contribution in [0.15, 0.2) is 66.7 Å². The van der Waals surface area contributed by atoms with Crippen LogP contribution in [-0.4, -0.2) is 29.4 Å². The van der Waals surface area contributed by atoms with Crippen LogP contribution < -0.4 is 10.1 Å². The lowest BCUT2D eigenvalue weighted by atomic mass is 9.87. The van der Waals surface area contributed by atoms with E-state index in [1.54, 1.807) is 0 Å². The molecule has 6 heteroatoms. The molecular formula is C29H31FN2O3. The molecule has 35 heavy (non-hydrogen) atoms. The van der Waals surface area contributed by atoms with E-state index in [0.29, 0.717) is 30.8 Å². The molecule has 3 aromatic carbocycles. The molecular weight excluding hydrogens is 443 g/mol. The number of rotatable bonds is 7. The lowest BCUT2D eigenvalue weighted by Gasteiger charge is -2.38. The fourth-order valence-corrected chi connectivity index (χ4v) is 4.49. The Balaban J connectivity index is 1.61. The maximum Gasteiger partial charge on any atom is 0.265 e. The molecule has 0 aromatic heterocycles. The third-order valence-electron chi connectivity index (χ3n) is 6.41. The first-order chi connectivity index (χ1) is 16.9. The van der Waals surface area contributed by atoms with E-state index >= 15 is 0 Å². The van der Waals surface area contributed by atoms with Crippen LogP contribution in [-0.2, 0) is 16.0 Å². The van der Waals surface area contributed by atoms with Gasteiger partial charge in [0, 0.05) is 18.7 Å². The van der Waals surface area contributed by atoms with Gasteiger partial charge in [-0.05, 0) is 72.9 Å². The number of carbonyl (C=O) groups is 2. The predicted octanol–water partition coefficient (Wildman–Crippen LogP) is 5.81. The Labute approximate surface area is 205 Å². The van der Waals surface area contributed by atoms with Gasteiger partial charge in [-0.1, -0.05) is 49.7 Å². The minimum absolute atomic E-state index is 0.109. The molecule has 0 spiro atoms. The van der Waals surface area contributed by atoms with Gasteiger partial charge in [0.05, 0.1) is 6.04 Å². The molecule has 0 fully saturated rings. The van der Waals surface area contributed by atoms with Gasteiger partial charge in [0.1, 0.15) is 11.6 Å². The summed E-state index contributed by atoms with van der Waals surface area (Å²) >= 11 is 0. The highest BCUT2D eigenvalue weighted by Crippen LogP contribution is 2.38. The van der Waals surface area contributed by atoms with Crippen molar-refractivity contribution in [1.29, 1.82) is 0 Å². The first-order valence-corrected chi connectivity index (χ1v) is 12.1. The molecule has 2 amide bonds. The first-order valence-electron chi connectivity index (χ1n) is 12.1. The summed E-state index contributed by atoms with van der Waals surface area (Å²) in [6, 6.07) is 19.6. The number of halogens is 1. The molecule has 0 saturated carbocycles. The number of aryl methyl sites for hydroxylation is 1. The number of amides is 2. The number of benzene rings is 3. The standard InChI is InChI=1S/C29H31FN2O3/c1-4-26(29(34)31-23-13-11-22(30)12-14-23)35-24-15-10-20-16-17-32(27(33)5-2)28(25(20)18-24)21-8-6-19(3)7-9-21/h6-15,18,26,28H,4-5,16-17H2,1-3H3,(H,31,34)/t26-,28+/m0/s1. The van der Waals surface area contributed by atoms with Crippen LogP contribution in [0, 0.1) is 12.7 Å². The van der Waals surface area contributed by atoms with E-state index in [1.165, 1.54) is 29.8 Å². The average Bonchev–Trinajstić information content (AvgIpc) is 2.87. The van der Waals surface area contributed by atoms with Gasteiger partial charge in [0.2, 0.25) is 5.91 Å².